The van der Waals surface area contributed by atoms with Gasteiger partial charge >= 0.3 is 225 Å². The first-order chi connectivity index (χ1) is 41.7. The molecule has 464 valence electrons. The van der Waals surface area contributed by atoms with E-state index in [0.717, 1.165) is 0 Å². The predicted molar refractivity (Wildman–Crippen MR) is 387 cm³/mol. The largest absolute Gasteiger partial charge is 1.00 e. The number of hydrogen-bond donors (Lipinski definition) is 0. The zero-order chi connectivity index (χ0) is 64.3. The zero-order valence-electron chi connectivity index (χ0n) is 57.5. The molecule has 12 aromatic rings. The Bertz CT molecular complexity index is 3730. The molecule has 0 nitrogen and oxygen atoms in total. The van der Waals surface area contributed by atoms with Crippen molar-refractivity contribution in [2.45, 2.75) is 162 Å². The van der Waals surface area contributed by atoms with E-state index in [2.05, 4.69) is 333 Å². The molecule has 12 rings (SSSR count). The molecular formula is C84H96Cl2Si2Zr2-2. The summed E-state index contributed by atoms with van der Waals surface area (Å²) >= 11 is 3.30. The molecule has 0 saturated carbocycles. The number of benzene rings is 8. The Labute approximate surface area is 585 Å². The van der Waals surface area contributed by atoms with Crippen molar-refractivity contribution in [1.29, 1.82) is 0 Å². The molecule has 6 heteroatoms. The van der Waals surface area contributed by atoms with Crippen LogP contribution in [0.4, 0.5) is 0 Å². The van der Waals surface area contributed by atoms with Gasteiger partial charge in [-0.05, 0) is 23.7 Å². The van der Waals surface area contributed by atoms with Crippen LogP contribution in [0.2, 0.25) is 0 Å². The normalized spacial score (nSPS) is 10.8. The van der Waals surface area contributed by atoms with Gasteiger partial charge in [0, 0.05) is 0 Å². The summed E-state index contributed by atoms with van der Waals surface area (Å²) in [5.41, 5.74) is 21.3. The monoisotopic (exact) mass is 1410 g/mol. The standard InChI is InChI=1S/2C14H14Si.4C14H17.2ClH.2Zr/c2*1-11-3-7-13(8-4-11)15-14-9-5-12(2)6-10-14;4*1-9(2)12-6-5-11(4)13-7-10(3)8-14(12)13;;;;/h2*3-10H,1-2H3;4*5-9H,1-4H3;2*1H;;/q;;4*-1;;;2*+2/p-2. The molecule has 0 bridgehead atoms. The molecule has 0 radical (unpaired) electrons. The summed E-state index contributed by atoms with van der Waals surface area (Å²) in [7, 11) is 0. The van der Waals surface area contributed by atoms with Crippen molar-refractivity contribution in [3.8, 4) is 0 Å². The van der Waals surface area contributed by atoms with Gasteiger partial charge in [0.15, 0.2) is 0 Å². The molecule has 0 unspecified atom stereocenters. The first kappa shape index (κ1) is 75.7. The summed E-state index contributed by atoms with van der Waals surface area (Å²) in [6.07, 6.45) is 0. The van der Waals surface area contributed by atoms with Crippen molar-refractivity contribution in [2.75, 3.05) is 0 Å². The van der Waals surface area contributed by atoms with Gasteiger partial charge in [0.05, 0.1) is 0 Å². The average molecular weight is 1420 g/mol. The summed E-state index contributed by atoms with van der Waals surface area (Å²) < 4.78 is 0. The Morgan fingerprint density at radius 3 is 0.578 bits per heavy atom. The van der Waals surface area contributed by atoms with Crippen LogP contribution in [0.1, 0.15) is 168 Å². The van der Waals surface area contributed by atoms with Crippen molar-refractivity contribution >= 4 is 74.7 Å². The van der Waals surface area contributed by atoms with Crippen LogP contribution in [0.15, 0.2) is 194 Å². The molecule has 0 atom stereocenters. The van der Waals surface area contributed by atoms with Gasteiger partial charge in [-0.3, -0.25) is 0 Å². The average Bonchev–Trinajstić information content (AvgIpc) is 2.90. The second-order valence-corrected chi connectivity index (χ2v) is 37.3. The minimum Gasteiger partial charge on any atom is -1.00 e. The van der Waals surface area contributed by atoms with E-state index in [1.54, 1.807) is 46.7 Å². The molecule has 0 spiro atoms. The molecule has 0 aromatic heterocycles. The summed E-state index contributed by atoms with van der Waals surface area (Å²) in [6.45, 7) is 44.1. The minimum atomic E-state index is -0.488. The van der Waals surface area contributed by atoms with Gasteiger partial charge in [0.2, 0.25) is 0 Å². The van der Waals surface area contributed by atoms with E-state index in [1.807, 2.05) is 0 Å². The van der Waals surface area contributed by atoms with E-state index in [-0.39, 0.29) is 24.8 Å². The quantitative estimate of drug-likeness (QED) is 0.105. The van der Waals surface area contributed by atoms with E-state index in [4.69, 9.17) is 0 Å². The molecule has 0 aliphatic rings. The number of rotatable bonds is 8. The molecule has 0 aliphatic heterocycles. The van der Waals surface area contributed by atoms with Crippen LogP contribution >= 0.6 is 0 Å². The molecule has 0 saturated heterocycles. The van der Waals surface area contributed by atoms with Crippen molar-refractivity contribution < 1.29 is 71.5 Å². The van der Waals surface area contributed by atoms with Crippen molar-refractivity contribution in [2.24, 2.45) is 0 Å². The smallest absolute Gasteiger partial charge is 1.00 e. The van der Waals surface area contributed by atoms with E-state index < -0.39 is 10.9 Å². The van der Waals surface area contributed by atoms with Crippen LogP contribution in [0.25, 0.3) is 43.1 Å². The van der Waals surface area contributed by atoms with Crippen LogP contribution < -0.4 is 45.6 Å². The first-order valence-corrected chi connectivity index (χ1v) is 42.2. The maximum atomic E-state index is 2.30. The number of fused-ring (bicyclic) bond motifs is 4. The summed E-state index contributed by atoms with van der Waals surface area (Å²) in [5, 5.41) is 17.6. The van der Waals surface area contributed by atoms with Crippen LogP contribution in [0.3, 0.4) is 0 Å². The topological polar surface area (TPSA) is 0 Å². The maximum absolute atomic E-state index is 2.30. The minimum absolute atomic E-state index is 0. The maximum Gasteiger partial charge on any atom is -1.00 e. The Morgan fingerprint density at radius 1 is 0.256 bits per heavy atom. The SMILES string of the molecule is Cc1cc2c(C(C)C)ccc(C)c2[cH-]1.Cc1cc2c(C(C)C)ccc(C)c2[cH-]1.Cc1cc2c(C(C)C)ccc(C)c2[cH-]1.Cc1cc2c(C(C)C)ccc(C)c2[cH-]1.Cc1ccc([Si](=[Zr+2])c2ccc(C)cc2)cc1.Cc1ccc([Si](=[Zr+2])c2ccc(C)cc2)cc1.[Cl-].[Cl-]. The van der Waals surface area contributed by atoms with Gasteiger partial charge in [-0.2, -0.15) is 24.3 Å². The third kappa shape index (κ3) is 20.0. The first-order valence-electron chi connectivity index (χ1n) is 31.8. The number of hydrogen-bond acceptors (Lipinski definition) is 0. The van der Waals surface area contributed by atoms with Crippen LogP contribution in [-0.2, 0) is 46.7 Å². The van der Waals surface area contributed by atoms with Gasteiger partial charge in [-0.15, -0.1) is 136 Å². The molecule has 90 heavy (non-hydrogen) atoms. The van der Waals surface area contributed by atoms with Gasteiger partial charge in [0.25, 0.3) is 0 Å². The molecule has 0 fully saturated rings. The van der Waals surface area contributed by atoms with Crippen molar-refractivity contribution in [3.63, 3.8) is 0 Å². The van der Waals surface area contributed by atoms with Crippen molar-refractivity contribution in [3.05, 3.63) is 283 Å². The number of aryl methyl sites for hydroxylation is 12. The summed E-state index contributed by atoms with van der Waals surface area (Å²) in [5.74, 6) is 2.44. The fraction of sp³-hybridized carbons (Fsp3) is 0.286. The molecule has 0 amide bonds. The number of halogens is 2. The summed E-state index contributed by atoms with van der Waals surface area (Å²) in [6, 6.07) is 72.4. The molecule has 0 aliphatic carbocycles. The van der Waals surface area contributed by atoms with Gasteiger partial charge in [-0.25, -0.2) is 0 Å². The third-order valence-corrected chi connectivity index (χ3v) is 29.1. The molecule has 0 heterocycles. The summed E-state index contributed by atoms with van der Waals surface area (Å²) in [4.78, 5) is 0. The van der Waals surface area contributed by atoms with Gasteiger partial charge < -0.3 is 24.8 Å². The molecule has 0 N–H and O–H groups in total. The van der Waals surface area contributed by atoms with Gasteiger partial charge in [-0.1, -0.05) is 157 Å². The Balaban J connectivity index is 0.000000196. The van der Waals surface area contributed by atoms with E-state index >= 15 is 0 Å². The van der Waals surface area contributed by atoms with E-state index in [1.165, 1.54) is 153 Å². The Kier molecular flexibility index (Phi) is 29.2. The Morgan fingerprint density at radius 2 is 0.422 bits per heavy atom. The predicted octanol–water partition coefficient (Wildman–Crippen LogP) is 15.1. The van der Waals surface area contributed by atoms with Crippen LogP contribution in [-0.4, -0.2) is 10.9 Å². The van der Waals surface area contributed by atoms with Gasteiger partial charge in [0.1, 0.15) is 0 Å². The fourth-order valence-corrected chi connectivity index (χ4v) is 19.3. The van der Waals surface area contributed by atoms with E-state index in [9.17, 15) is 0 Å². The molecule has 12 aromatic carbocycles. The fourth-order valence-electron chi connectivity index (χ4n) is 11.7. The van der Waals surface area contributed by atoms with Crippen LogP contribution in [0.5, 0.6) is 0 Å². The van der Waals surface area contributed by atoms with E-state index in [0.29, 0.717) is 23.7 Å². The second kappa shape index (κ2) is 34.8. The second-order valence-electron chi connectivity index (χ2n) is 26.2. The zero-order valence-corrected chi connectivity index (χ0v) is 66.0. The third-order valence-electron chi connectivity index (χ3n) is 17.0. The molecular weight excluding hydrogens is 1320 g/mol. The Hall–Kier alpha value is -5.02. The van der Waals surface area contributed by atoms with Crippen LogP contribution in [0, 0.1) is 83.1 Å². The van der Waals surface area contributed by atoms with Crippen molar-refractivity contribution in [1.82, 2.24) is 0 Å².